The van der Waals surface area contributed by atoms with Gasteiger partial charge in [0.15, 0.2) is 0 Å². The number of hydrogen-bond donors (Lipinski definition) is 1. The topological polar surface area (TPSA) is 38.3 Å². The summed E-state index contributed by atoms with van der Waals surface area (Å²) in [4.78, 5) is 12.1. The van der Waals surface area contributed by atoms with E-state index >= 15 is 0 Å². The van der Waals surface area contributed by atoms with Crippen molar-refractivity contribution in [3.8, 4) is 5.75 Å². The van der Waals surface area contributed by atoms with Crippen LogP contribution in [0.25, 0.3) is 6.08 Å². The van der Waals surface area contributed by atoms with E-state index in [0.717, 1.165) is 32.6 Å². The van der Waals surface area contributed by atoms with Gasteiger partial charge in [-0.1, -0.05) is 25.1 Å². The Morgan fingerprint density at radius 2 is 2.04 bits per heavy atom. The fraction of sp³-hybridized carbons (Fsp3) is 0.211. The predicted molar refractivity (Wildman–Crippen MR) is 104 cm³/mol. The molecule has 1 N–H and O–H groups in total. The van der Waals surface area contributed by atoms with Gasteiger partial charge in [0.2, 0.25) is 5.91 Å². The fourth-order valence-electron chi connectivity index (χ4n) is 2.07. The first-order valence-electron chi connectivity index (χ1n) is 7.57. The average Bonchev–Trinajstić information content (AvgIpc) is 2.54. The summed E-state index contributed by atoms with van der Waals surface area (Å²) in [6, 6.07) is 13.6. The smallest absolute Gasteiger partial charge is 0.248 e. The molecule has 0 radical (unpaired) electrons. The number of benzene rings is 2. The first-order chi connectivity index (χ1) is 11.1. The first-order valence-corrected chi connectivity index (χ1v) is 8.65. The van der Waals surface area contributed by atoms with Gasteiger partial charge in [-0.25, -0.2) is 0 Å². The van der Waals surface area contributed by atoms with Crippen LogP contribution in [0.1, 0.15) is 24.5 Å². The van der Waals surface area contributed by atoms with E-state index in [2.05, 4.69) is 34.8 Å². The van der Waals surface area contributed by atoms with E-state index in [9.17, 15) is 4.79 Å². The van der Waals surface area contributed by atoms with Crippen LogP contribution < -0.4 is 10.1 Å². The maximum atomic E-state index is 12.1. The van der Waals surface area contributed by atoms with Crippen molar-refractivity contribution in [3.63, 3.8) is 0 Å². The minimum atomic E-state index is -0.153. The summed E-state index contributed by atoms with van der Waals surface area (Å²) in [6.07, 6.45) is 4.26. The summed E-state index contributed by atoms with van der Waals surface area (Å²) in [5.41, 5.74) is 2.77. The van der Waals surface area contributed by atoms with E-state index in [4.69, 9.17) is 4.74 Å². The second kappa shape index (κ2) is 8.72. The molecule has 2 aromatic carbocycles. The van der Waals surface area contributed by atoms with E-state index in [1.807, 2.05) is 49.4 Å². The number of hydrogen-bond acceptors (Lipinski definition) is 2. The number of carbonyl (C=O) groups is 1. The van der Waals surface area contributed by atoms with Crippen LogP contribution in [0.2, 0.25) is 0 Å². The minimum Gasteiger partial charge on any atom is -0.493 e. The van der Waals surface area contributed by atoms with E-state index in [1.165, 1.54) is 6.08 Å². The third kappa shape index (κ3) is 5.39. The predicted octanol–water partition coefficient (Wildman–Crippen LogP) is 5.04. The van der Waals surface area contributed by atoms with Crippen molar-refractivity contribution in [1.82, 2.24) is 0 Å². The number of aryl methyl sites for hydroxylation is 1. The SMILES string of the molecule is CCCOc1ccccc1C=CC(=O)Nc1ccc(I)cc1C. The van der Waals surface area contributed by atoms with Gasteiger partial charge in [-0.2, -0.15) is 0 Å². The van der Waals surface area contributed by atoms with Crippen LogP contribution in [0.3, 0.4) is 0 Å². The number of anilines is 1. The molecule has 0 bridgehead atoms. The van der Waals surface area contributed by atoms with Crippen molar-refractivity contribution in [1.29, 1.82) is 0 Å². The molecule has 4 heteroatoms. The highest BCUT2D eigenvalue weighted by molar-refractivity contribution is 14.1. The second-order valence-electron chi connectivity index (χ2n) is 5.17. The van der Waals surface area contributed by atoms with Gasteiger partial charge in [0.25, 0.3) is 0 Å². The monoisotopic (exact) mass is 421 g/mol. The van der Waals surface area contributed by atoms with Crippen LogP contribution >= 0.6 is 22.6 Å². The third-order valence-electron chi connectivity index (χ3n) is 3.24. The van der Waals surface area contributed by atoms with Crippen molar-refractivity contribution < 1.29 is 9.53 Å². The summed E-state index contributed by atoms with van der Waals surface area (Å²) >= 11 is 2.25. The molecule has 0 spiro atoms. The number of carbonyl (C=O) groups excluding carboxylic acids is 1. The maximum Gasteiger partial charge on any atom is 0.248 e. The summed E-state index contributed by atoms with van der Waals surface area (Å²) in [5.74, 6) is 0.642. The number of para-hydroxylation sites is 1. The summed E-state index contributed by atoms with van der Waals surface area (Å²) in [6.45, 7) is 4.71. The van der Waals surface area contributed by atoms with Crippen LogP contribution in [-0.4, -0.2) is 12.5 Å². The van der Waals surface area contributed by atoms with Gasteiger partial charge in [-0.3, -0.25) is 4.79 Å². The molecule has 0 fully saturated rings. The highest BCUT2D eigenvalue weighted by Crippen LogP contribution is 2.20. The van der Waals surface area contributed by atoms with Crippen molar-refractivity contribution in [2.45, 2.75) is 20.3 Å². The highest BCUT2D eigenvalue weighted by atomic mass is 127. The maximum absolute atomic E-state index is 12.1. The van der Waals surface area contributed by atoms with Crippen molar-refractivity contribution >= 4 is 40.3 Å². The number of halogens is 1. The van der Waals surface area contributed by atoms with E-state index < -0.39 is 0 Å². The molecule has 120 valence electrons. The molecule has 0 aliphatic rings. The Kier molecular flexibility index (Phi) is 6.65. The lowest BCUT2D eigenvalue weighted by Gasteiger charge is -2.08. The van der Waals surface area contributed by atoms with Gasteiger partial charge in [0.05, 0.1) is 6.61 Å². The fourth-order valence-corrected chi connectivity index (χ4v) is 2.72. The average molecular weight is 421 g/mol. The van der Waals surface area contributed by atoms with Gasteiger partial charge in [-0.15, -0.1) is 0 Å². The Labute approximate surface area is 150 Å². The van der Waals surface area contributed by atoms with Gasteiger partial charge in [0, 0.05) is 20.9 Å². The first kappa shape index (κ1) is 17.5. The van der Waals surface area contributed by atoms with Crippen LogP contribution in [0.15, 0.2) is 48.5 Å². The molecule has 0 aromatic heterocycles. The van der Waals surface area contributed by atoms with Crippen LogP contribution in [0.5, 0.6) is 5.75 Å². The normalized spacial score (nSPS) is 10.7. The van der Waals surface area contributed by atoms with Crippen LogP contribution in [0, 0.1) is 10.5 Å². The standard InChI is InChI=1S/C19H20INO2/c1-3-12-23-18-7-5-4-6-15(18)8-11-19(22)21-17-10-9-16(20)13-14(17)2/h4-11,13H,3,12H2,1-2H3,(H,21,22). The third-order valence-corrected chi connectivity index (χ3v) is 3.91. The van der Waals surface area contributed by atoms with Gasteiger partial charge < -0.3 is 10.1 Å². The molecule has 3 nitrogen and oxygen atoms in total. The molecule has 0 saturated carbocycles. The zero-order valence-corrected chi connectivity index (χ0v) is 15.5. The summed E-state index contributed by atoms with van der Waals surface area (Å²) < 4.78 is 6.83. The van der Waals surface area contributed by atoms with Crippen molar-refractivity contribution in [2.24, 2.45) is 0 Å². The molecule has 0 saturated heterocycles. The minimum absolute atomic E-state index is 0.153. The number of rotatable bonds is 6. The molecule has 0 unspecified atom stereocenters. The molecule has 2 rings (SSSR count). The summed E-state index contributed by atoms with van der Waals surface area (Å²) in [7, 11) is 0. The molecular weight excluding hydrogens is 401 g/mol. The van der Waals surface area contributed by atoms with Crippen molar-refractivity contribution in [2.75, 3.05) is 11.9 Å². The molecule has 0 atom stereocenters. The van der Waals surface area contributed by atoms with Gasteiger partial charge in [-0.05, 0) is 71.8 Å². The molecule has 2 aromatic rings. The molecule has 0 aliphatic carbocycles. The quantitative estimate of drug-likeness (QED) is 0.524. The Hall–Kier alpha value is -1.82. The molecule has 0 aliphatic heterocycles. The van der Waals surface area contributed by atoms with Crippen molar-refractivity contribution in [3.05, 3.63) is 63.2 Å². The lowest BCUT2D eigenvalue weighted by atomic mass is 10.1. The van der Waals surface area contributed by atoms with Gasteiger partial charge >= 0.3 is 0 Å². The number of ether oxygens (including phenoxy) is 1. The van der Waals surface area contributed by atoms with E-state index in [1.54, 1.807) is 6.08 Å². The number of amides is 1. The van der Waals surface area contributed by atoms with E-state index in [0.29, 0.717) is 6.61 Å². The lowest BCUT2D eigenvalue weighted by Crippen LogP contribution is -2.09. The molecule has 0 heterocycles. The molecule has 1 amide bonds. The Balaban J connectivity index is 2.06. The lowest BCUT2D eigenvalue weighted by molar-refractivity contribution is -0.111. The van der Waals surface area contributed by atoms with Crippen LogP contribution in [0.4, 0.5) is 5.69 Å². The Bertz CT molecular complexity index is 710. The molecular formula is C19H20INO2. The second-order valence-corrected chi connectivity index (χ2v) is 6.41. The largest absolute Gasteiger partial charge is 0.493 e. The number of nitrogens with one attached hydrogen (secondary N) is 1. The summed E-state index contributed by atoms with van der Waals surface area (Å²) in [5, 5.41) is 2.90. The Morgan fingerprint density at radius 1 is 1.26 bits per heavy atom. The zero-order valence-electron chi connectivity index (χ0n) is 13.3. The Morgan fingerprint density at radius 3 is 2.78 bits per heavy atom. The van der Waals surface area contributed by atoms with E-state index in [-0.39, 0.29) is 5.91 Å². The van der Waals surface area contributed by atoms with Crippen LogP contribution in [-0.2, 0) is 4.79 Å². The highest BCUT2D eigenvalue weighted by Gasteiger charge is 2.03. The van der Waals surface area contributed by atoms with Gasteiger partial charge in [0.1, 0.15) is 5.75 Å². The molecule has 23 heavy (non-hydrogen) atoms. The zero-order chi connectivity index (χ0) is 16.7.